The van der Waals surface area contributed by atoms with Gasteiger partial charge in [-0.1, -0.05) is 39.1 Å². The van der Waals surface area contributed by atoms with Crippen LogP contribution in [0.2, 0.25) is 10.0 Å². The van der Waals surface area contributed by atoms with Crippen LogP contribution >= 0.6 is 39.1 Å². The Morgan fingerprint density at radius 2 is 1.70 bits per heavy atom. The number of aromatic nitrogens is 3. The molecule has 1 heterocycles. The quantitative estimate of drug-likeness (QED) is 0.639. The second kappa shape index (κ2) is 6.70. The van der Waals surface area contributed by atoms with E-state index in [0.717, 1.165) is 10.2 Å². The van der Waals surface area contributed by atoms with Crippen LogP contribution in [-0.2, 0) is 0 Å². The summed E-state index contributed by atoms with van der Waals surface area (Å²) in [5.74, 6) is 0.814. The Balaban J connectivity index is 1.99. The molecule has 0 aliphatic rings. The third kappa shape index (κ3) is 3.90. The predicted octanol–water partition coefficient (Wildman–Crippen LogP) is 4.93. The van der Waals surface area contributed by atoms with Gasteiger partial charge < -0.3 is 11.1 Å². The minimum Gasteiger partial charge on any atom is -0.368 e. The van der Waals surface area contributed by atoms with Crippen LogP contribution in [0.15, 0.2) is 46.9 Å². The van der Waals surface area contributed by atoms with E-state index in [1.165, 1.54) is 0 Å². The number of nitrogens with two attached hydrogens (primary N) is 1. The molecule has 3 N–H and O–H groups in total. The summed E-state index contributed by atoms with van der Waals surface area (Å²) in [4.78, 5) is 12.6. The summed E-state index contributed by atoms with van der Waals surface area (Å²) in [7, 11) is 0. The van der Waals surface area contributed by atoms with Gasteiger partial charge in [-0.2, -0.15) is 15.0 Å². The molecule has 0 saturated carbocycles. The van der Waals surface area contributed by atoms with Crippen molar-refractivity contribution in [3.63, 3.8) is 0 Å². The predicted molar refractivity (Wildman–Crippen MR) is 97.1 cm³/mol. The van der Waals surface area contributed by atoms with Gasteiger partial charge in [0.1, 0.15) is 0 Å². The Kier molecular flexibility index (Phi) is 4.66. The Hall–Kier alpha value is -1.89. The van der Waals surface area contributed by atoms with Gasteiger partial charge in [0.05, 0.1) is 5.02 Å². The van der Waals surface area contributed by atoms with Gasteiger partial charge in [0.25, 0.3) is 0 Å². The van der Waals surface area contributed by atoms with Gasteiger partial charge >= 0.3 is 0 Å². The summed E-state index contributed by atoms with van der Waals surface area (Å²) in [6, 6.07) is 12.6. The Morgan fingerprint density at radius 1 is 0.957 bits per heavy atom. The van der Waals surface area contributed by atoms with E-state index in [-0.39, 0.29) is 5.95 Å². The first-order chi connectivity index (χ1) is 11.0. The van der Waals surface area contributed by atoms with Crippen molar-refractivity contribution in [3.8, 4) is 11.4 Å². The Morgan fingerprint density at radius 3 is 2.43 bits per heavy atom. The molecule has 0 aliphatic heterocycles. The highest BCUT2D eigenvalue weighted by molar-refractivity contribution is 9.10. The largest absolute Gasteiger partial charge is 0.368 e. The molecule has 116 valence electrons. The zero-order valence-electron chi connectivity index (χ0n) is 11.6. The highest BCUT2D eigenvalue weighted by Gasteiger charge is 2.11. The molecule has 8 heteroatoms. The molecule has 23 heavy (non-hydrogen) atoms. The molecule has 2 aromatic carbocycles. The van der Waals surface area contributed by atoms with Crippen molar-refractivity contribution in [3.05, 3.63) is 57.0 Å². The average molecular weight is 411 g/mol. The van der Waals surface area contributed by atoms with Crippen molar-refractivity contribution in [2.24, 2.45) is 0 Å². The topological polar surface area (TPSA) is 76.7 Å². The lowest BCUT2D eigenvalue weighted by atomic mass is 10.2. The number of anilines is 3. The summed E-state index contributed by atoms with van der Waals surface area (Å²) < 4.78 is 0.864. The summed E-state index contributed by atoms with van der Waals surface area (Å²) in [5.41, 5.74) is 7.23. The van der Waals surface area contributed by atoms with Crippen molar-refractivity contribution in [2.45, 2.75) is 0 Å². The van der Waals surface area contributed by atoms with E-state index in [1.54, 1.807) is 18.2 Å². The molecule has 1 aromatic heterocycles. The van der Waals surface area contributed by atoms with Crippen molar-refractivity contribution < 1.29 is 0 Å². The summed E-state index contributed by atoms with van der Waals surface area (Å²) in [6.45, 7) is 0. The van der Waals surface area contributed by atoms with E-state index in [9.17, 15) is 0 Å². The van der Waals surface area contributed by atoms with Gasteiger partial charge in [-0.25, -0.2) is 0 Å². The van der Waals surface area contributed by atoms with E-state index in [2.05, 4.69) is 36.2 Å². The number of nitrogens with zero attached hydrogens (tertiary/aromatic N) is 3. The highest BCUT2D eigenvalue weighted by atomic mass is 79.9. The van der Waals surface area contributed by atoms with Crippen LogP contribution in [0.4, 0.5) is 17.6 Å². The van der Waals surface area contributed by atoms with Crippen LogP contribution in [0.3, 0.4) is 0 Å². The van der Waals surface area contributed by atoms with E-state index in [0.29, 0.717) is 27.4 Å². The van der Waals surface area contributed by atoms with Gasteiger partial charge in [-0.3, -0.25) is 0 Å². The molecular formula is C15H10BrCl2N5. The monoisotopic (exact) mass is 409 g/mol. The molecule has 3 aromatic rings. The van der Waals surface area contributed by atoms with Crippen molar-refractivity contribution >= 4 is 56.7 Å². The molecule has 0 bridgehead atoms. The first kappa shape index (κ1) is 16.0. The van der Waals surface area contributed by atoms with Crippen LogP contribution < -0.4 is 11.1 Å². The second-order valence-electron chi connectivity index (χ2n) is 4.60. The standard InChI is InChI=1S/C15H10BrCl2N5/c16-8-1-6-12(18)11(7-8)13-21-14(19)23-15(22-13)20-10-4-2-9(17)3-5-10/h1-7H,(H3,19,20,21,22,23). The van der Waals surface area contributed by atoms with Crippen LogP contribution in [0.25, 0.3) is 11.4 Å². The van der Waals surface area contributed by atoms with Crippen molar-refractivity contribution in [1.82, 2.24) is 15.0 Å². The molecule has 0 aliphatic carbocycles. The molecule has 0 unspecified atom stereocenters. The van der Waals surface area contributed by atoms with Crippen LogP contribution in [0.1, 0.15) is 0 Å². The van der Waals surface area contributed by atoms with Gasteiger partial charge in [0.2, 0.25) is 11.9 Å². The fourth-order valence-electron chi connectivity index (χ4n) is 1.90. The maximum atomic E-state index is 6.22. The van der Waals surface area contributed by atoms with Crippen molar-refractivity contribution in [1.29, 1.82) is 0 Å². The van der Waals surface area contributed by atoms with Crippen LogP contribution in [0.5, 0.6) is 0 Å². The van der Waals surface area contributed by atoms with Crippen LogP contribution in [-0.4, -0.2) is 15.0 Å². The second-order valence-corrected chi connectivity index (χ2v) is 6.36. The van der Waals surface area contributed by atoms with Crippen molar-refractivity contribution in [2.75, 3.05) is 11.1 Å². The van der Waals surface area contributed by atoms with E-state index >= 15 is 0 Å². The lowest BCUT2D eigenvalue weighted by Gasteiger charge is -2.09. The number of nitrogens with one attached hydrogen (secondary N) is 1. The Labute approximate surface area is 151 Å². The van der Waals surface area contributed by atoms with E-state index < -0.39 is 0 Å². The number of nitrogen functional groups attached to an aromatic ring is 1. The molecule has 5 nitrogen and oxygen atoms in total. The fraction of sp³-hybridized carbons (Fsp3) is 0. The summed E-state index contributed by atoms with van der Waals surface area (Å²) in [6.07, 6.45) is 0. The third-order valence-electron chi connectivity index (χ3n) is 2.92. The number of rotatable bonds is 3. The first-order valence-corrected chi connectivity index (χ1v) is 8.06. The number of halogens is 3. The maximum absolute atomic E-state index is 6.22. The zero-order valence-corrected chi connectivity index (χ0v) is 14.7. The molecule has 0 spiro atoms. The molecule has 0 fully saturated rings. The molecule has 0 atom stereocenters. The molecule has 3 rings (SSSR count). The molecule has 0 saturated heterocycles. The zero-order chi connectivity index (χ0) is 16.4. The SMILES string of the molecule is Nc1nc(Nc2ccc(Cl)cc2)nc(-c2cc(Br)ccc2Cl)n1. The van der Waals surface area contributed by atoms with Crippen LogP contribution in [0, 0.1) is 0 Å². The average Bonchev–Trinajstić information content (AvgIpc) is 2.51. The Bertz CT molecular complexity index is 855. The van der Waals surface area contributed by atoms with Gasteiger partial charge in [-0.15, -0.1) is 0 Å². The van der Waals surface area contributed by atoms with Gasteiger partial charge in [0, 0.05) is 20.7 Å². The van der Waals surface area contributed by atoms with E-state index in [4.69, 9.17) is 28.9 Å². The number of hydrogen-bond acceptors (Lipinski definition) is 5. The number of hydrogen-bond donors (Lipinski definition) is 2. The molecular weight excluding hydrogens is 401 g/mol. The highest BCUT2D eigenvalue weighted by Crippen LogP contribution is 2.29. The normalized spacial score (nSPS) is 10.6. The smallest absolute Gasteiger partial charge is 0.232 e. The maximum Gasteiger partial charge on any atom is 0.232 e. The summed E-state index contributed by atoms with van der Waals surface area (Å²) >= 11 is 15.5. The lowest BCUT2D eigenvalue weighted by Crippen LogP contribution is -2.05. The third-order valence-corrected chi connectivity index (χ3v) is 4.00. The fourth-order valence-corrected chi connectivity index (χ4v) is 2.59. The minimum absolute atomic E-state index is 0.0995. The molecule has 0 amide bonds. The number of benzene rings is 2. The molecule has 0 radical (unpaired) electrons. The summed E-state index contributed by atoms with van der Waals surface area (Å²) in [5, 5.41) is 4.23. The van der Waals surface area contributed by atoms with E-state index in [1.807, 2.05) is 24.3 Å². The first-order valence-electron chi connectivity index (χ1n) is 6.51. The minimum atomic E-state index is 0.0995. The van der Waals surface area contributed by atoms with Gasteiger partial charge in [0.15, 0.2) is 5.82 Å². The van der Waals surface area contributed by atoms with Gasteiger partial charge in [-0.05, 0) is 42.5 Å². The lowest BCUT2D eigenvalue weighted by molar-refractivity contribution is 1.08.